The molecule has 0 aliphatic carbocycles. The fourth-order valence-electron chi connectivity index (χ4n) is 1.82. The second kappa shape index (κ2) is 8.65. The van der Waals surface area contributed by atoms with Crippen LogP contribution in [0.1, 0.15) is 36.2 Å². The zero-order valence-electron chi connectivity index (χ0n) is 12.5. The summed E-state index contributed by atoms with van der Waals surface area (Å²) in [6, 6.07) is 5.83. The molecule has 1 aromatic rings. The first-order chi connectivity index (χ1) is 8.84. The van der Waals surface area contributed by atoms with Gasteiger partial charge in [-0.1, -0.05) is 35.8 Å². The Morgan fingerprint density at radius 2 is 2.00 bits per heavy atom. The van der Waals surface area contributed by atoms with E-state index in [-0.39, 0.29) is 24.4 Å². The maximum atomic E-state index is 12.4. The topological polar surface area (TPSA) is 46.3 Å². The maximum Gasteiger partial charge on any atom is 0.253 e. The molecule has 3 nitrogen and oxygen atoms in total. The molecular weight excluding hydrogens is 340 g/mol. The van der Waals surface area contributed by atoms with E-state index >= 15 is 0 Å². The predicted molar refractivity (Wildman–Crippen MR) is 90.5 cm³/mol. The largest absolute Gasteiger partial charge is 0.342 e. The average molecular weight is 364 g/mol. The number of halogens is 2. The van der Waals surface area contributed by atoms with E-state index in [2.05, 4.69) is 29.8 Å². The third kappa shape index (κ3) is 5.08. The summed E-state index contributed by atoms with van der Waals surface area (Å²) in [4.78, 5) is 14.1. The number of rotatable bonds is 5. The number of nitrogens with zero attached hydrogens (tertiary/aromatic N) is 1. The van der Waals surface area contributed by atoms with Crippen molar-refractivity contribution in [2.75, 3.05) is 13.6 Å². The number of carbonyl (C=O) groups is 1. The summed E-state index contributed by atoms with van der Waals surface area (Å²) in [7, 11) is 1.83. The summed E-state index contributed by atoms with van der Waals surface area (Å²) >= 11 is 3.45. The number of nitrogens with two attached hydrogens (primary N) is 1. The molecule has 1 aromatic carbocycles. The van der Waals surface area contributed by atoms with Gasteiger partial charge in [0.2, 0.25) is 0 Å². The van der Waals surface area contributed by atoms with E-state index in [4.69, 9.17) is 5.73 Å². The fraction of sp³-hybridized carbons (Fsp3) is 0.533. The Morgan fingerprint density at radius 1 is 1.40 bits per heavy atom. The highest BCUT2D eigenvalue weighted by molar-refractivity contribution is 9.10. The predicted octanol–water partition coefficient (Wildman–Crippen LogP) is 3.62. The van der Waals surface area contributed by atoms with Crippen molar-refractivity contribution < 1.29 is 4.79 Å². The van der Waals surface area contributed by atoms with Crippen molar-refractivity contribution in [2.24, 2.45) is 11.7 Å². The van der Waals surface area contributed by atoms with E-state index in [1.165, 1.54) is 0 Å². The molecule has 0 aliphatic heterocycles. The summed E-state index contributed by atoms with van der Waals surface area (Å²) < 4.78 is 0.964. The lowest BCUT2D eigenvalue weighted by Crippen LogP contribution is -2.34. The second-order valence-electron chi connectivity index (χ2n) is 5.34. The molecule has 1 unspecified atom stereocenters. The van der Waals surface area contributed by atoms with Gasteiger partial charge in [0.15, 0.2) is 0 Å². The Kier molecular flexibility index (Phi) is 8.40. The minimum absolute atomic E-state index is 0. The molecule has 114 valence electrons. The van der Waals surface area contributed by atoms with Crippen molar-refractivity contribution in [3.8, 4) is 0 Å². The highest BCUT2D eigenvalue weighted by atomic mass is 79.9. The van der Waals surface area contributed by atoms with Crippen LogP contribution < -0.4 is 5.73 Å². The first-order valence-electron chi connectivity index (χ1n) is 6.60. The second-order valence-corrected chi connectivity index (χ2v) is 6.19. The third-order valence-corrected chi connectivity index (χ3v) is 4.36. The molecule has 0 fully saturated rings. The number of hydrogen-bond donors (Lipinski definition) is 1. The van der Waals surface area contributed by atoms with Gasteiger partial charge in [0, 0.05) is 29.7 Å². The zero-order valence-corrected chi connectivity index (χ0v) is 14.9. The van der Waals surface area contributed by atoms with Gasteiger partial charge in [-0.15, -0.1) is 12.4 Å². The van der Waals surface area contributed by atoms with Gasteiger partial charge in [-0.25, -0.2) is 0 Å². The van der Waals surface area contributed by atoms with Crippen molar-refractivity contribution in [1.82, 2.24) is 4.90 Å². The lowest BCUT2D eigenvalue weighted by Gasteiger charge is -2.22. The molecule has 2 N–H and O–H groups in total. The van der Waals surface area contributed by atoms with Crippen LogP contribution in [0, 0.1) is 12.8 Å². The van der Waals surface area contributed by atoms with E-state index in [9.17, 15) is 4.79 Å². The van der Waals surface area contributed by atoms with Gasteiger partial charge in [-0.2, -0.15) is 0 Å². The van der Waals surface area contributed by atoms with Crippen molar-refractivity contribution in [3.05, 3.63) is 33.8 Å². The van der Waals surface area contributed by atoms with Crippen molar-refractivity contribution in [3.63, 3.8) is 0 Å². The summed E-state index contributed by atoms with van der Waals surface area (Å²) in [6.45, 7) is 6.84. The molecule has 0 heterocycles. The van der Waals surface area contributed by atoms with E-state index < -0.39 is 0 Å². The lowest BCUT2D eigenvalue weighted by molar-refractivity contribution is 0.0788. The number of benzene rings is 1. The van der Waals surface area contributed by atoms with Crippen LogP contribution in [-0.2, 0) is 0 Å². The minimum Gasteiger partial charge on any atom is -0.342 e. The fourth-order valence-corrected chi connectivity index (χ4v) is 2.19. The summed E-state index contributed by atoms with van der Waals surface area (Å²) in [5, 5.41) is 0. The number of carbonyl (C=O) groups excluding carboxylic acids is 1. The van der Waals surface area contributed by atoms with Crippen LogP contribution in [0.2, 0.25) is 0 Å². The molecule has 0 saturated heterocycles. The average Bonchev–Trinajstić information content (AvgIpc) is 2.37. The molecule has 1 amide bonds. The molecule has 0 saturated carbocycles. The smallest absolute Gasteiger partial charge is 0.253 e. The Hall–Kier alpha value is -0.580. The zero-order chi connectivity index (χ0) is 14.6. The molecule has 0 spiro atoms. The van der Waals surface area contributed by atoms with Gasteiger partial charge >= 0.3 is 0 Å². The van der Waals surface area contributed by atoms with E-state index in [1.54, 1.807) is 4.90 Å². The normalized spacial score (nSPS) is 11.9. The van der Waals surface area contributed by atoms with Crippen LogP contribution in [0.3, 0.4) is 0 Å². The molecule has 0 bridgehead atoms. The van der Waals surface area contributed by atoms with Crippen LogP contribution in [0.15, 0.2) is 22.7 Å². The van der Waals surface area contributed by atoms with E-state index in [1.807, 2.05) is 32.2 Å². The van der Waals surface area contributed by atoms with Gasteiger partial charge in [-0.05, 0) is 37.0 Å². The Labute approximate surface area is 136 Å². The number of hydrogen-bond acceptors (Lipinski definition) is 2. The first-order valence-corrected chi connectivity index (χ1v) is 7.40. The van der Waals surface area contributed by atoms with Crippen molar-refractivity contribution in [2.45, 2.75) is 33.2 Å². The van der Waals surface area contributed by atoms with Gasteiger partial charge in [0.25, 0.3) is 5.91 Å². The first kappa shape index (κ1) is 19.4. The number of amides is 1. The molecule has 1 rings (SSSR count). The summed E-state index contributed by atoms with van der Waals surface area (Å²) in [5.74, 6) is 0.492. The van der Waals surface area contributed by atoms with Gasteiger partial charge in [0.05, 0.1) is 0 Å². The van der Waals surface area contributed by atoms with Crippen LogP contribution in [0.25, 0.3) is 0 Å². The summed E-state index contributed by atoms with van der Waals surface area (Å²) in [6.07, 6.45) is 0.826. The highest BCUT2D eigenvalue weighted by Crippen LogP contribution is 2.20. The molecule has 0 radical (unpaired) electrons. The van der Waals surface area contributed by atoms with E-state index in [0.717, 1.165) is 22.0 Å². The van der Waals surface area contributed by atoms with Gasteiger partial charge in [0.1, 0.15) is 0 Å². The monoisotopic (exact) mass is 362 g/mol. The van der Waals surface area contributed by atoms with Crippen LogP contribution in [-0.4, -0.2) is 30.4 Å². The standard InChI is InChI=1S/C15H23BrN2O.ClH/c1-10(2)14(17)8-9-18(4)15(19)12-6-5-7-13(16)11(12)3;/h5-7,10,14H,8-9,17H2,1-4H3;1H. The summed E-state index contributed by atoms with van der Waals surface area (Å²) in [5.41, 5.74) is 7.74. The Morgan fingerprint density at radius 3 is 2.55 bits per heavy atom. The molecule has 0 aliphatic rings. The molecule has 5 heteroatoms. The van der Waals surface area contributed by atoms with Gasteiger partial charge < -0.3 is 10.6 Å². The van der Waals surface area contributed by atoms with Crippen LogP contribution in [0.5, 0.6) is 0 Å². The molecular formula is C15H24BrClN2O. The maximum absolute atomic E-state index is 12.4. The van der Waals surface area contributed by atoms with Crippen molar-refractivity contribution >= 4 is 34.2 Å². The van der Waals surface area contributed by atoms with Crippen LogP contribution >= 0.6 is 28.3 Å². The van der Waals surface area contributed by atoms with Crippen LogP contribution in [0.4, 0.5) is 0 Å². The van der Waals surface area contributed by atoms with Crippen molar-refractivity contribution in [1.29, 1.82) is 0 Å². The molecule has 1 atom stereocenters. The van der Waals surface area contributed by atoms with E-state index in [0.29, 0.717) is 12.5 Å². The molecule has 0 aromatic heterocycles. The Bertz CT molecular complexity index is 451. The minimum atomic E-state index is 0. The molecule has 20 heavy (non-hydrogen) atoms. The Balaban J connectivity index is 0.00000361. The highest BCUT2D eigenvalue weighted by Gasteiger charge is 2.16. The third-order valence-electron chi connectivity index (χ3n) is 3.50. The quantitative estimate of drug-likeness (QED) is 0.868. The SMILES string of the molecule is Cc1c(Br)cccc1C(=O)N(C)CCC(N)C(C)C.Cl. The lowest BCUT2D eigenvalue weighted by atomic mass is 10.0. The van der Waals surface area contributed by atoms with Gasteiger partial charge in [-0.3, -0.25) is 4.79 Å².